The van der Waals surface area contributed by atoms with Gasteiger partial charge in [0.15, 0.2) is 0 Å². The fourth-order valence-electron chi connectivity index (χ4n) is 3.05. The second-order valence-electron chi connectivity index (χ2n) is 6.43. The fourth-order valence-corrected chi connectivity index (χ4v) is 3.80. The third-order valence-electron chi connectivity index (χ3n) is 4.67. The molecule has 6 heteroatoms. The summed E-state index contributed by atoms with van der Waals surface area (Å²) >= 11 is 1.44. The number of carbonyl (C=O) groups excluding carboxylic acids is 1. The minimum absolute atomic E-state index is 0.0210. The molecule has 4 nitrogen and oxygen atoms in total. The Hall–Kier alpha value is -3.25. The van der Waals surface area contributed by atoms with Crippen molar-refractivity contribution in [2.75, 3.05) is 5.32 Å². The number of hydrogen-bond donors (Lipinski definition) is 1. The summed E-state index contributed by atoms with van der Waals surface area (Å²) in [5.74, 6) is -0.0907. The highest BCUT2D eigenvalue weighted by Gasteiger charge is 2.17. The molecule has 1 amide bonds. The van der Waals surface area contributed by atoms with E-state index in [1.54, 1.807) is 24.4 Å². The Morgan fingerprint density at radius 3 is 2.68 bits per heavy atom. The second kappa shape index (κ2) is 7.40. The van der Waals surface area contributed by atoms with E-state index >= 15 is 0 Å². The number of halogens is 1. The number of aryl methyl sites for hydroxylation is 1. The molecule has 2 aromatic heterocycles. The number of thiophene rings is 1. The van der Waals surface area contributed by atoms with Crippen LogP contribution in [0, 0.1) is 12.7 Å². The summed E-state index contributed by atoms with van der Waals surface area (Å²) < 4.78 is 16.9. The largest absolute Gasteiger partial charge is 0.331 e. The lowest BCUT2D eigenvalue weighted by atomic mass is 10.1. The van der Waals surface area contributed by atoms with Gasteiger partial charge < -0.3 is 9.88 Å². The number of nitrogens with zero attached hydrogens (tertiary/aromatic N) is 2. The van der Waals surface area contributed by atoms with Crippen molar-refractivity contribution < 1.29 is 9.18 Å². The van der Waals surface area contributed by atoms with Gasteiger partial charge in [0.05, 0.1) is 17.5 Å². The zero-order valence-corrected chi connectivity index (χ0v) is 16.3. The Kier molecular flexibility index (Phi) is 4.79. The Morgan fingerprint density at radius 2 is 1.96 bits per heavy atom. The van der Waals surface area contributed by atoms with Crippen LogP contribution >= 0.6 is 11.3 Å². The normalized spacial score (nSPS) is 10.8. The summed E-state index contributed by atoms with van der Waals surface area (Å²) in [5.41, 5.74) is 2.92. The number of hydrogen-bond acceptors (Lipinski definition) is 3. The van der Waals surface area contributed by atoms with Crippen LogP contribution in [0.2, 0.25) is 0 Å². The van der Waals surface area contributed by atoms with Crippen LogP contribution in [0.1, 0.15) is 16.2 Å². The van der Waals surface area contributed by atoms with E-state index in [4.69, 9.17) is 0 Å². The number of benzene rings is 2. The summed E-state index contributed by atoms with van der Waals surface area (Å²) in [4.78, 5) is 17.8. The maximum absolute atomic E-state index is 14.9. The van der Waals surface area contributed by atoms with Crippen molar-refractivity contribution >= 4 is 22.9 Å². The topological polar surface area (TPSA) is 46.9 Å². The molecule has 140 valence electrons. The second-order valence-corrected chi connectivity index (χ2v) is 7.38. The van der Waals surface area contributed by atoms with Crippen molar-refractivity contribution in [2.24, 2.45) is 7.05 Å². The molecule has 0 aliphatic heterocycles. The first-order valence-electron chi connectivity index (χ1n) is 8.77. The Labute approximate surface area is 166 Å². The highest BCUT2D eigenvalue weighted by molar-refractivity contribution is 7.13. The van der Waals surface area contributed by atoms with Crippen molar-refractivity contribution in [3.63, 3.8) is 0 Å². The molecule has 0 fully saturated rings. The van der Waals surface area contributed by atoms with Gasteiger partial charge in [0.2, 0.25) is 0 Å². The van der Waals surface area contributed by atoms with Crippen molar-refractivity contribution in [2.45, 2.75) is 6.92 Å². The molecule has 2 aromatic carbocycles. The maximum Gasteiger partial charge on any atom is 0.258 e. The molecule has 0 unspecified atom stereocenters. The van der Waals surface area contributed by atoms with E-state index in [-0.39, 0.29) is 5.56 Å². The van der Waals surface area contributed by atoms with Crippen LogP contribution in [0.3, 0.4) is 0 Å². The van der Waals surface area contributed by atoms with Crippen LogP contribution in [-0.2, 0) is 7.05 Å². The van der Waals surface area contributed by atoms with E-state index in [0.29, 0.717) is 11.3 Å². The summed E-state index contributed by atoms with van der Waals surface area (Å²) in [6.45, 7) is 1.93. The average Bonchev–Trinajstić information content (AvgIpc) is 3.33. The highest BCUT2D eigenvalue weighted by Crippen LogP contribution is 2.29. The Bertz CT molecular complexity index is 1150. The summed E-state index contributed by atoms with van der Waals surface area (Å²) in [6, 6.07) is 16.0. The van der Waals surface area contributed by atoms with Crippen LogP contribution in [0.15, 0.2) is 66.2 Å². The van der Waals surface area contributed by atoms with Gasteiger partial charge in [-0.2, -0.15) is 0 Å². The van der Waals surface area contributed by atoms with Crippen LogP contribution in [0.5, 0.6) is 0 Å². The molecule has 4 aromatic rings. The third kappa shape index (κ3) is 3.34. The van der Waals surface area contributed by atoms with Gasteiger partial charge in [0, 0.05) is 28.7 Å². The number of amides is 1. The fraction of sp³-hybridized carbons (Fsp3) is 0.0909. The number of carbonyl (C=O) groups is 1. The Balaban J connectivity index is 1.62. The predicted molar refractivity (Wildman–Crippen MR) is 111 cm³/mol. The van der Waals surface area contributed by atoms with E-state index in [2.05, 4.69) is 10.3 Å². The van der Waals surface area contributed by atoms with Gasteiger partial charge in [-0.25, -0.2) is 9.37 Å². The lowest BCUT2D eigenvalue weighted by Gasteiger charge is -2.10. The number of nitrogens with one attached hydrogen (secondary N) is 1. The molecule has 0 aliphatic carbocycles. The minimum Gasteiger partial charge on any atom is -0.331 e. The van der Waals surface area contributed by atoms with Gasteiger partial charge in [-0.1, -0.05) is 30.3 Å². The first-order valence-corrected chi connectivity index (χ1v) is 9.65. The zero-order chi connectivity index (χ0) is 19.7. The average molecular weight is 391 g/mol. The van der Waals surface area contributed by atoms with E-state index in [9.17, 15) is 9.18 Å². The number of aromatic nitrogens is 2. The summed E-state index contributed by atoms with van der Waals surface area (Å²) in [5, 5.41) is 4.68. The molecule has 28 heavy (non-hydrogen) atoms. The molecule has 0 spiro atoms. The van der Waals surface area contributed by atoms with Crippen LogP contribution in [0.4, 0.5) is 10.1 Å². The molecule has 0 aliphatic rings. The molecular formula is C22H18FN3OS. The monoisotopic (exact) mass is 391 g/mol. The number of rotatable bonds is 4. The molecule has 0 saturated carbocycles. The number of anilines is 1. The standard InChI is InChI=1S/C22H18FN3OS/c1-14-24-13-19(26(14)2)15-6-3-7-16(12-15)25-22(27)18-9-4-8-17(21(18)23)20-10-5-11-28-20/h3-13H,1-2H3,(H,25,27). The minimum atomic E-state index is -0.513. The Morgan fingerprint density at radius 1 is 1.14 bits per heavy atom. The van der Waals surface area contributed by atoms with E-state index in [1.165, 1.54) is 17.4 Å². The van der Waals surface area contributed by atoms with E-state index in [1.807, 2.05) is 54.3 Å². The molecule has 1 N–H and O–H groups in total. The molecular weight excluding hydrogens is 373 g/mol. The van der Waals surface area contributed by atoms with Crippen molar-refractivity contribution in [3.8, 4) is 21.7 Å². The smallest absolute Gasteiger partial charge is 0.258 e. The van der Waals surface area contributed by atoms with Gasteiger partial charge in [-0.3, -0.25) is 4.79 Å². The SMILES string of the molecule is Cc1ncc(-c2cccc(NC(=O)c3cccc(-c4cccs4)c3F)c2)n1C. The van der Waals surface area contributed by atoms with E-state index in [0.717, 1.165) is 22.0 Å². The van der Waals surface area contributed by atoms with Gasteiger partial charge >= 0.3 is 0 Å². The molecule has 0 bridgehead atoms. The first kappa shape index (κ1) is 18.1. The van der Waals surface area contributed by atoms with Gasteiger partial charge in [0.1, 0.15) is 11.6 Å². The molecule has 4 rings (SSSR count). The maximum atomic E-state index is 14.9. The highest BCUT2D eigenvalue weighted by atomic mass is 32.1. The predicted octanol–water partition coefficient (Wildman–Crippen LogP) is 5.52. The number of imidazole rings is 1. The van der Waals surface area contributed by atoms with Crippen molar-refractivity contribution in [1.82, 2.24) is 9.55 Å². The van der Waals surface area contributed by atoms with Crippen molar-refractivity contribution in [3.05, 3.63) is 83.4 Å². The summed E-state index contributed by atoms with van der Waals surface area (Å²) in [7, 11) is 1.94. The van der Waals surface area contributed by atoms with E-state index < -0.39 is 11.7 Å². The molecule has 2 heterocycles. The van der Waals surface area contributed by atoms with Gasteiger partial charge in [-0.05, 0) is 36.6 Å². The zero-order valence-electron chi connectivity index (χ0n) is 15.4. The van der Waals surface area contributed by atoms with Crippen molar-refractivity contribution in [1.29, 1.82) is 0 Å². The first-order chi connectivity index (χ1) is 13.5. The lowest BCUT2D eigenvalue weighted by Crippen LogP contribution is -2.14. The third-order valence-corrected chi connectivity index (χ3v) is 5.57. The lowest BCUT2D eigenvalue weighted by molar-refractivity contribution is 0.102. The molecule has 0 atom stereocenters. The van der Waals surface area contributed by atoms with Crippen LogP contribution in [0.25, 0.3) is 21.7 Å². The molecule has 0 saturated heterocycles. The van der Waals surface area contributed by atoms with Crippen LogP contribution in [-0.4, -0.2) is 15.5 Å². The van der Waals surface area contributed by atoms with Gasteiger partial charge in [0.25, 0.3) is 5.91 Å². The quantitative estimate of drug-likeness (QED) is 0.498. The van der Waals surface area contributed by atoms with Gasteiger partial charge in [-0.15, -0.1) is 11.3 Å². The summed E-state index contributed by atoms with van der Waals surface area (Å²) in [6.07, 6.45) is 1.79. The molecule has 0 radical (unpaired) electrons. The van der Waals surface area contributed by atoms with Crippen LogP contribution < -0.4 is 5.32 Å².